The van der Waals surface area contributed by atoms with Crippen LogP contribution in [0.3, 0.4) is 0 Å². The van der Waals surface area contributed by atoms with Gasteiger partial charge in [0.2, 0.25) is 6.54 Å². The zero-order valence-corrected chi connectivity index (χ0v) is 15.2. The van der Waals surface area contributed by atoms with E-state index in [-0.39, 0.29) is 12.5 Å². The summed E-state index contributed by atoms with van der Waals surface area (Å²) in [5.41, 5.74) is 4.31. The highest BCUT2D eigenvalue weighted by atomic mass is 16.1. The maximum Gasteiger partial charge on any atom is 0.290 e. The average Bonchev–Trinajstić information content (AvgIpc) is 2.64. The predicted octanol–water partition coefficient (Wildman–Crippen LogP) is 3.27. The first-order valence-electron chi connectivity index (χ1n) is 8.70. The number of anilines is 2. The number of carbonyl (C=O) groups is 1. The van der Waals surface area contributed by atoms with Crippen molar-refractivity contribution < 1.29 is 9.36 Å². The molecule has 0 radical (unpaired) electrons. The lowest BCUT2D eigenvalue weighted by atomic mass is 10.0. The van der Waals surface area contributed by atoms with Crippen molar-refractivity contribution >= 4 is 17.3 Å². The lowest BCUT2D eigenvalue weighted by Gasteiger charge is -2.11. The van der Waals surface area contributed by atoms with Crippen LogP contribution in [-0.2, 0) is 17.8 Å². The Bertz CT molecular complexity index is 858. The molecule has 4 heteroatoms. The van der Waals surface area contributed by atoms with Gasteiger partial charge in [0, 0.05) is 37.6 Å². The van der Waals surface area contributed by atoms with E-state index in [2.05, 4.69) is 23.5 Å². The number of hydrogen-bond acceptors (Lipinski definition) is 2. The van der Waals surface area contributed by atoms with Gasteiger partial charge in [-0.05, 0) is 23.6 Å². The van der Waals surface area contributed by atoms with Gasteiger partial charge in [-0.25, -0.2) is 0 Å². The van der Waals surface area contributed by atoms with Crippen molar-refractivity contribution in [3.63, 3.8) is 0 Å². The summed E-state index contributed by atoms with van der Waals surface area (Å²) in [6.45, 7) is 0.285. The van der Waals surface area contributed by atoms with Gasteiger partial charge in [-0.1, -0.05) is 48.5 Å². The van der Waals surface area contributed by atoms with E-state index in [4.69, 9.17) is 0 Å². The van der Waals surface area contributed by atoms with Gasteiger partial charge in [0.05, 0.1) is 0 Å². The molecule has 1 aromatic heterocycles. The molecule has 0 saturated carbocycles. The van der Waals surface area contributed by atoms with Crippen LogP contribution in [-0.4, -0.2) is 20.0 Å². The monoisotopic (exact) mass is 346 g/mol. The van der Waals surface area contributed by atoms with Crippen LogP contribution in [0.4, 0.5) is 11.4 Å². The Morgan fingerprint density at radius 3 is 2.27 bits per heavy atom. The third-order valence-electron chi connectivity index (χ3n) is 4.24. The lowest BCUT2D eigenvalue weighted by Crippen LogP contribution is -2.39. The summed E-state index contributed by atoms with van der Waals surface area (Å²) in [5, 5.41) is 3.05. The molecule has 4 nitrogen and oxygen atoms in total. The zero-order valence-electron chi connectivity index (χ0n) is 15.2. The molecule has 26 heavy (non-hydrogen) atoms. The minimum atomic E-state index is -0.0342. The van der Waals surface area contributed by atoms with Crippen molar-refractivity contribution in [2.75, 3.05) is 24.3 Å². The van der Waals surface area contributed by atoms with Crippen molar-refractivity contribution in [1.82, 2.24) is 0 Å². The Hall–Kier alpha value is -3.14. The summed E-state index contributed by atoms with van der Waals surface area (Å²) in [4.78, 5) is 14.5. The highest BCUT2D eigenvalue weighted by Crippen LogP contribution is 2.19. The Morgan fingerprint density at radius 1 is 0.923 bits per heavy atom. The van der Waals surface area contributed by atoms with Gasteiger partial charge in [0.1, 0.15) is 0 Å². The molecule has 0 fully saturated rings. The van der Waals surface area contributed by atoms with Crippen molar-refractivity contribution in [3.05, 3.63) is 90.3 Å². The molecule has 2 aromatic carbocycles. The van der Waals surface area contributed by atoms with Gasteiger partial charge in [-0.15, -0.1) is 0 Å². The van der Waals surface area contributed by atoms with Crippen LogP contribution in [0.25, 0.3) is 0 Å². The summed E-state index contributed by atoms with van der Waals surface area (Å²) in [6, 6.07) is 22.2. The minimum absolute atomic E-state index is 0.0342. The molecule has 132 valence electrons. The number of pyridine rings is 1. The largest absolute Gasteiger partial charge is 0.377 e. The van der Waals surface area contributed by atoms with E-state index in [0.717, 1.165) is 23.4 Å². The average molecular weight is 346 g/mol. The van der Waals surface area contributed by atoms with Crippen LogP contribution in [0.1, 0.15) is 11.1 Å². The second kappa shape index (κ2) is 8.30. The fraction of sp³-hybridized carbons (Fsp3) is 0.182. The van der Waals surface area contributed by atoms with Gasteiger partial charge >= 0.3 is 0 Å². The summed E-state index contributed by atoms with van der Waals surface area (Å²) < 4.78 is 1.88. The Morgan fingerprint density at radius 2 is 1.58 bits per heavy atom. The van der Waals surface area contributed by atoms with Crippen molar-refractivity contribution in [2.45, 2.75) is 13.0 Å². The third kappa shape index (κ3) is 4.70. The summed E-state index contributed by atoms with van der Waals surface area (Å²) in [6.07, 6.45) is 4.64. The molecule has 3 aromatic rings. The Kier molecular flexibility index (Phi) is 5.64. The molecular weight excluding hydrogens is 322 g/mol. The number of nitrogens with one attached hydrogen (secondary N) is 1. The molecule has 3 rings (SSSR count). The standard InChI is InChI=1S/C22H23N3O/c1-24(2)20-12-14-25(15-13-20)17-22(26)23-21-11-7-6-10-19(21)16-18-8-4-3-5-9-18/h3-15H,16-17H2,1-2H3/p+1. The first-order chi connectivity index (χ1) is 12.6. The quantitative estimate of drug-likeness (QED) is 0.696. The first-order valence-corrected chi connectivity index (χ1v) is 8.70. The summed E-state index contributed by atoms with van der Waals surface area (Å²) >= 11 is 0. The SMILES string of the molecule is CN(C)c1cc[n+](CC(=O)Nc2ccccc2Cc2ccccc2)cc1. The molecule has 0 spiro atoms. The number of rotatable bonds is 6. The molecule has 0 saturated heterocycles. The molecule has 0 bridgehead atoms. The second-order valence-corrected chi connectivity index (χ2v) is 6.49. The van der Waals surface area contributed by atoms with Crippen LogP contribution < -0.4 is 14.8 Å². The molecule has 0 aliphatic rings. The zero-order chi connectivity index (χ0) is 18.4. The fourth-order valence-electron chi connectivity index (χ4n) is 2.82. The Labute approximate surface area is 154 Å². The predicted molar refractivity (Wildman–Crippen MR) is 105 cm³/mol. The number of nitrogens with zero attached hydrogens (tertiary/aromatic N) is 2. The topological polar surface area (TPSA) is 36.2 Å². The van der Waals surface area contributed by atoms with E-state index in [1.54, 1.807) is 0 Å². The van der Waals surface area contributed by atoms with Gasteiger partial charge in [0.15, 0.2) is 12.4 Å². The van der Waals surface area contributed by atoms with E-state index >= 15 is 0 Å². The van der Waals surface area contributed by atoms with Crippen molar-refractivity contribution in [3.8, 4) is 0 Å². The Balaban J connectivity index is 1.67. The molecule has 1 amide bonds. The lowest BCUT2D eigenvalue weighted by molar-refractivity contribution is -0.684. The van der Waals surface area contributed by atoms with Crippen LogP contribution in [0.2, 0.25) is 0 Å². The van der Waals surface area contributed by atoms with E-state index in [9.17, 15) is 4.79 Å². The molecular formula is C22H24N3O+. The van der Waals surface area contributed by atoms with E-state index < -0.39 is 0 Å². The molecule has 0 aliphatic carbocycles. The molecule has 1 heterocycles. The van der Waals surface area contributed by atoms with Gasteiger partial charge in [-0.3, -0.25) is 4.79 Å². The van der Waals surface area contributed by atoms with Gasteiger partial charge in [0.25, 0.3) is 5.91 Å². The minimum Gasteiger partial charge on any atom is -0.377 e. The number of amides is 1. The van der Waals surface area contributed by atoms with E-state index in [1.807, 2.05) is 84.5 Å². The number of carbonyl (C=O) groups excluding carboxylic acids is 1. The number of benzene rings is 2. The summed E-state index contributed by atoms with van der Waals surface area (Å²) in [5.74, 6) is -0.0342. The van der Waals surface area contributed by atoms with Gasteiger partial charge < -0.3 is 10.2 Å². The van der Waals surface area contributed by atoms with Crippen LogP contribution >= 0.6 is 0 Å². The van der Waals surface area contributed by atoms with E-state index in [1.165, 1.54) is 5.56 Å². The highest BCUT2D eigenvalue weighted by Gasteiger charge is 2.12. The van der Waals surface area contributed by atoms with Crippen LogP contribution in [0, 0.1) is 0 Å². The number of hydrogen-bond donors (Lipinski definition) is 1. The fourth-order valence-corrected chi connectivity index (χ4v) is 2.82. The van der Waals surface area contributed by atoms with Crippen molar-refractivity contribution in [1.29, 1.82) is 0 Å². The van der Waals surface area contributed by atoms with Crippen LogP contribution in [0.5, 0.6) is 0 Å². The maximum absolute atomic E-state index is 12.5. The molecule has 0 atom stereocenters. The number of para-hydroxylation sites is 1. The molecule has 0 aliphatic heterocycles. The first kappa shape index (κ1) is 17.7. The second-order valence-electron chi connectivity index (χ2n) is 6.49. The van der Waals surface area contributed by atoms with E-state index in [0.29, 0.717) is 0 Å². The van der Waals surface area contributed by atoms with Crippen molar-refractivity contribution in [2.24, 2.45) is 0 Å². The molecule has 1 N–H and O–H groups in total. The normalized spacial score (nSPS) is 10.4. The summed E-state index contributed by atoms with van der Waals surface area (Å²) in [7, 11) is 3.99. The molecule has 0 unspecified atom stereocenters. The highest BCUT2D eigenvalue weighted by molar-refractivity contribution is 5.90. The van der Waals surface area contributed by atoms with Crippen LogP contribution in [0.15, 0.2) is 79.1 Å². The smallest absolute Gasteiger partial charge is 0.290 e. The third-order valence-corrected chi connectivity index (χ3v) is 4.24. The maximum atomic E-state index is 12.5. The van der Waals surface area contributed by atoms with Gasteiger partial charge in [-0.2, -0.15) is 4.57 Å². The number of aromatic nitrogens is 1.